The second-order valence-electron chi connectivity index (χ2n) is 4.25. The topological polar surface area (TPSA) is 87.7 Å². The first-order valence-electron chi connectivity index (χ1n) is 6.09. The van der Waals surface area contributed by atoms with Gasteiger partial charge in [-0.3, -0.25) is 0 Å². The Hall–Kier alpha value is -0.860. The molecule has 0 bridgehead atoms. The number of benzene rings is 1. The number of hydrogen-bond acceptors (Lipinski definition) is 5. The van der Waals surface area contributed by atoms with Crippen molar-refractivity contribution in [3.8, 4) is 5.75 Å². The molecule has 0 saturated carbocycles. The van der Waals surface area contributed by atoms with Crippen LogP contribution in [0.1, 0.15) is 6.92 Å². The molecule has 0 amide bonds. The first kappa shape index (κ1) is 17.2. The summed E-state index contributed by atoms with van der Waals surface area (Å²) >= 11 is 5.90. The lowest BCUT2D eigenvalue weighted by atomic mass is 10.3. The van der Waals surface area contributed by atoms with Gasteiger partial charge in [0.15, 0.2) is 0 Å². The molecule has 1 atom stereocenters. The first-order chi connectivity index (χ1) is 9.36. The fourth-order valence-corrected chi connectivity index (χ4v) is 2.86. The molecule has 0 aliphatic carbocycles. The number of rotatable bonds is 8. The minimum atomic E-state index is -3.60. The smallest absolute Gasteiger partial charge is 0.240 e. The number of ether oxygens (including phenoxy) is 1. The summed E-state index contributed by atoms with van der Waals surface area (Å²) in [6.07, 6.45) is -0.466. The van der Waals surface area contributed by atoms with Gasteiger partial charge in [0.25, 0.3) is 0 Å². The molecule has 20 heavy (non-hydrogen) atoms. The Balaban J connectivity index is 2.58. The number of sulfonamides is 1. The highest BCUT2D eigenvalue weighted by Gasteiger charge is 2.15. The zero-order chi connectivity index (χ0) is 15.2. The third-order valence-electron chi connectivity index (χ3n) is 2.47. The highest BCUT2D eigenvalue weighted by atomic mass is 35.5. The van der Waals surface area contributed by atoms with Crippen LogP contribution in [0, 0.1) is 0 Å². The van der Waals surface area contributed by atoms with E-state index in [1.807, 2.05) is 0 Å². The van der Waals surface area contributed by atoms with Crippen molar-refractivity contribution in [1.82, 2.24) is 10.0 Å². The van der Waals surface area contributed by atoms with Crippen LogP contribution in [0.4, 0.5) is 0 Å². The molecule has 1 unspecified atom stereocenters. The largest absolute Gasteiger partial charge is 0.495 e. The van der Waals surface area contributed by atoms with E-state index in [1.54, 1.807) is 6.92 Å². The van der Waals surface area contributed by atoms with Gasteiger partial charge in [-0.15, -0.1) is 0 Å². The maximum Gasteiger partial charge on any atom is 0.240 e. The molecule has 1 rings (SSSR count). The standard InChI is InChI=1S/C12H19ClN2O4S/c1-9(16)8-14-5-6-15-20(17,18)10-3-4-12(19-2)11(13)7-10/h3-4,7,9,14-16H,5-6,8H2,1-2H3. The molecule has 0 aliphatic heterocycles. The molecule has 0 spiro atoms. The van der Waals surface area contributed by atoms with Gasteiger partial charge in [0.05, 0.1) is 23.1 Å². The van der Waals surface area contributed by atoms with Crippen molar-refractivity contribution in [2.75, 3.05) is 26.7 Å². The van der Waals surface area contributed by atoms with E-state index in [0.29, 0.717) is 18.8 Å². The van der Waals surface area contributed by atoms with E-state index < -0.39 is 16.1 Å². The second-order valence-corrected chi connectivity index (χ2v) is 6.42. The molecule has 0 fully saturated rings. The third-order valence-corrected chi connectivity index (χ3v) is 4.22. The Labute approximate surface area is 124 Å². The molecule has 1 aromatic rings. The Kier molecular flexibility index (Phi) is 6.70. The second kappa shape index (κ2) is 7.80. The zero-order valence-corrected chi connectivity index (χ0v) is 13.0. The molecule has 0 radical (unpaired) electrons. The number of hydrogen-bond donors (Lipinski definition) is 3. The van der Waals surface area contributed by atoms with Crippen LogP contribution in [-0.2, 0) is 10.0 Å². The Morgan fingerprint density at radius 1 is 1.40 bits per heavy atom. The van der Waals surface area contributed by atoms with Gasteiger partial charge in [0, 0.05) is 19.6 Å². The van der Waals surface area contributed by atoms with Crippen molar-refractivity contribution in [3.05, 3.63) is 23.2 Å². The molecular formula is C12H19ClN2O4S. The van der Waals surface area contributed by atoms with Gasteiger partial charge in [0.1, 0.15) is 5.75 Å². The van der Waals surface area contributed by atoms with E-state index in [1.165, 1.54) is 25.3 Å². The van der Waals surface area contributed by atoms with Crippen molar-refractivity contribution >= 4 is 21.6 Å². The van der Waals surface area contributed by atoms with E-state index in [2.05, 4.69) is 10.0 Å². The molecule has 0 saturated heterocycles. The SMILES string of the molecule is COc1ccc(S(=O)(=O)NCCNCC(C)O)cc1Cl. The van der Waals surface area contributed by atoms with E-state index in [0.717, 1.165) is 0 Å². The van der Waals surface area contributed by atoms with Crippen LogP contribution in [-0.4, -0.2) is 46.4 Å². The molecule has 1 aromatic carbocycles. The Bertz CT molecular complexity index is 534. The average molecular weight is 323 g/mol. The van der Waals surface area contributed by atoms with Gasteiger partial charge < -0.3 is 15.2 Å². The van der Waals surface area contributed by atoms with E-state index in [4.69, 9.17) is 21.4 Å². The van der Waals surface area contributed by atoms with Crippen LogP contribution in [0.15, 0.2) is 23.1 Å². The molecule has 8 heteroatoms. The fraction of sp³-hybridized carbons (Fsp3) is 0.500. The van der Waals surface area contributed by atoms with Crippen LogP contribution < -0.4 is 14.8 Å². The molecule has 114 valence electrons. The fourth-order valence-electron chi connectivity index (χ4n) is 1.48. The zero-order valence-electron chi connectivity index (χ0n) is 11.4. The van der Waals surface area contributed by atoms with Crippen LogP contribution >= 0.6 is 11.6 Å². The van der Waals surface area contributed by atoms with Gasteiger partial charge in [-0.2, -0.15) is 0 Å². The predicted octanol–water partition coefficient (Wildman–Crippen LogP) is 0.597. The molecule has 6 nitrogen and oxygen atoms in total. The Morgan fingerprint density at radius 2 is 2.10 bits per heavy atom. The van der Waals surface area contributed by atoms with Gasteiger partial charge in [-0.1, -0.05) is 11.6 Å². The van der Waals surface area contributed by atoms with Crippen molar-refractivity contribution in [2.45, 2.75) is 17.9 Å². The molecule has 3 N–H and O–H groups in total. The summed E-state index contributed by atoms with van der Waals surface area (Å²) in [5.74, 6) is 0.421. The lowest BCUT2D eigenvalue weighted by molar-refractivity contribution is 0.192. The van der Waals surface area contributed by atoms with Crippen molar-refractivity contribution in [2.24, 2.45) is 0 Å². The van der Waals surface area contributed by atoms with Gasteiger partial charge in [0.2, 0.25) is 10.0 Å². The molecular weight excluding hydrogens is 304 g/mol. The minimum Gasteiger partial charge on any atom is -0.495 e. The highest BCUT2D eigenvalue weighted by Crippen LogP contribution is 2.26. The van der Waals surface area contributed by atoms with Crippen LogP contribution in [0.2, 0.25) is 5.02 Å². The lowest BCUT2D eigenvalue weighted by Gasteiger charge is -2.10. The number of halogens is 1. The first-order valence-corrected chi connectivity index (χ1v) is 7.95. The lowest BCUT2D eigenvalue weighted by Crippen LogP contribution is -2.34. The van der Waals surface area contributed by atoms with Crippen LogP contribution in [0.25, 0.3) is 0 Å². The maximum absolute atomic E-state index is 12.0. The maximum atomic E-state index is 12.0. The predicted molar refractivity (Wildman–Crippen MR) is 77.7 cm³/mol. The molecule has 0 heterocycles. The van der Waals surface area contributed by atoms with Crippen molar-refractivity contribution in [3.63, 3.8) is 0 Å². The molecule has 0 aromatic heterocycles. The molecule has 0 aliphatic rings. The summed E-state index contributed by atoms with van der Waals surface area (Å²) < 4.78 is 31.4. The summed E-state index contributed by atoms with van der Waals surface area (Å²) in [7, 11) is -2.14. The van der Waals surface area contributed by atoms with Crippen LogP contribution in [0.3, 0.4) is 0 Å². The van der Waals surface area contributed by atoms with Crippen LogP contribution in [0.5, 0.6) is 5.75 Å². The number of aliphatic hydroxyl groups excluding tert-OH is 1. The summed E-state index contributed by atoms with van der Waals surface area (Å²) in [6.45, 7) is 2.71. The van der Waals surface area contributed by atoms with Crippen molar-refractivity contribution < 1.29 is 18.3 Å². The average Bonchev–Trinajstić information content (AvgIpc) is 2.37. The summed E-state index contributed by atoms with van der Waals surface area (Å²) in [5, 5.41) is 12.2. The van der Waals surface area contributed by atoms with E-state index >= 15 is 0 Å². The van der Waals surface area contributed by atoms with Gasteiger partial charge in [-0.25, -0.2) is 13.1 Å². The highest BCUT2D eigenvalue weighted by molar-refractivity contribution is 7.89. The van der Waals surface area contributed by atoms with Crippen molar-refractivity contribution in [1.29, 1.82) is 0 Å². The monoisotopic (exact) mass is 322 g/mol. The number of methoxy groups -OCH3 is 1. The number of aliphatic hydroxyl groups is 1. The summed E-state index contributed by atoms with van der Waals surface area (Å²) in [5.41, 5.74) is 0. The van der Waals surface area contributed by atoms with E-state index in [-0.39, 0.29) is 16.5 Å². The summed E-state index contributed by atoms with van der Waals surface area (Å²) in [6, 6.07) is 4.27. The van der Waals surface area contributed by atoms with Gasteiger partial charge >= 0.3 is 0 Å². The minimum absolute atomic E-state index is 0.0822. The van der Waals surface area contributed by atoms with Gasteiger partial charge in [-0.05, 0) is 25.1 Å². The quantitative estimate of drug-likeness (QED) is 0.610. The normalized spacial score (nSPS) is 13.2. The van der Waals surface area contributed by atoms with E-state index in [9.17, 15) is 8.42 Å². The summed E-state index contributed by atoms with van der Waals surface area (Å²) in [4.78, 5) is 0.0822. The Morgan fingerprint density at radius 3 is 2.65 bits per heavy atom. The number of nitrogens with one attached hydrogen (secondary N) is 2. The third kappa shape index (κ3) is 5.26.